The number of carbonyl (C=O) groups is 1. The number of amides is 1. The Balaban J connectivity index is 1.47. The van der Waals surface area contributed by atoms with Gasteiger partial charge in [-0.3, -0.25) is 4.79 Å². The lowest BCUT2D eigenvalue weighted by atomic mass is 10.1. The van der Waals surface area contributed by atoms with Crippen LogP contribution in [0.1, 0.15) is 15.5 Å². The molecule has 0 radical (unpaired) electrons. The van der Waals surface area contributed by atoms with Crippen molar-refractivity contribution in [1.82, 2.24) is 10.1 Å². The van der Waals surface area contributed by atoms with E-state index in [1.807, 2.05) is 66.9 Å². The minimum absolute atomic E-state index is 0.239. The van der Waals surface area contributed by atoms with E-state index in [4.69, 9.17) is 4.52 Å². The van der Waals surface area contributed by atoms with Crippen molar-refractivity contribution in [3.05, 3.63) is 76.7 Å². The molecular weight excluding hydrogens is 346 g/mol. The predicted molar refractivity (Wildman–Crippen MR) is 102 cm³/mol. The van der Waals surface area contributed by atoms with Crippen LogP contribution in [-0.2, 0) is 0 Å². The monoisotopic (exact) mass is 361 g/mol. The fraction of sp³-hybridized carbons (Fsp3) is 0.0500. The first kappa shape index (κ1) is 16.2. The van der Waals surface area contributed by atoms with Crippen LogP contribution in [0.25, 0.3) is 22.6 Å². The highest BCUT2D eigenvalue weighted by Gasteiger charge is 2.14. The van der Waals surface area contributed by atoms with Crippen LogP contribution in [0.15, 0.2) is 70.6 Å². The number of benzene rings is 2. The number of hydrogen-bond donors (Lipinski definition) is 1. The van der Waals surface area contributed by atoms with Crippen LogP contribution >= 0.6 is 11.3 Å². The third kappa shape index (κ3) is 3.41. The summed E-state index contributed by atoms with van der Waals surface area (Å²) in [5, 5.41) is 9.73. The molecule has 0 saturated carbocycles. The Hall–Kier alpha value is -3.25. The second-order valence-corrected chi connectivity index (χ2v) is 6.79. The highest BCUT2D eigenvalue weighted by Crippen LogP contribution is 2.24. The molecule has 4 rings (SSSR count). The van der Waals surface area contributed by atoms with Crippen molar-refractivity contribution in [1.29, 1.82) is 0 Å². The number of aromatic nitrogens is 2. The molecule has 2 heterocycles. The molecule has 0 fully saturated rings. The standard InChI is InChI=1S/C20H15N3O2S/c1-13-21-18(12-26-13)14-7-9-16(10-8-14)22-20(24)17-11-19(25-23-17)15-5-3-2-4-6-15/h2-12H,1H3,(H,22,24). The van der Waals surface area contributed by atoms with Crippen LogP contribution in [0.4, 0.5) is 5.69 Å². The Morgan fingerprint density at radius 2 is 1.81 bits per heavy atom. The number of hydrogen-bond acceptors (Lipinski definition) is 5. The Bertz CT molecular complexity index is 1040. The topological polar surface area (TPSA) is 68.0 Å². The Kier molecular flexibility index (Phi) is 4.33. The molecule has 0 unspecified atom stereocenters. The lowest BCUT2D eigenvalue weighted by Crippen LogP contribution is -2.11. The average molecular weight is 361 g/mol. The van der Waals surface area contributed by atoms with Crippen LogP contribution in [0.2, 0.25) is 0 Å². The summed E-state index contributed by atoms with van der Waals surface area (Å²) in [5.74, 6) is 0.248. The molecule has 0 atom stereocenters. The van der Waals surface area contributed by atoms with Crippen molar-refractivity contribution < 1.29 is 9.32 Å². The zero-order valence-electron chi connectivity index (χ0n) is 14.0. The minimum atomic E-state index is -0.312. The number of carbonyl (C=O) groups excluding carboxylic acids is 1. The van der Waals surface area contributed by atoms with Gasteiger partial charge in [0.15, 0.2) is 11.5 Å². The number of nitrogens with one attached hydrogen (secondary N) is 1. The van der Waals surface area contributed by atoms with Gasteiger partial charge in [0.05, 0.1) is 10.7 Å². The number of anilines is 1. The van der Waals surface area contributed by atoms with Gasteiger partial charge in [0, 0.05) is 28.3 Å². The molecule has 4 aromatic rings. The normalized spacial score (nSPS) is 10.7. The molecular formula is C20H15N3O2S. The van der Waals surface area contributed by atoms with E-state index in [-0.39, 0.29) is 11.6 Å². The van der Waals surface area contributed by atoms with Gasteiger partial charge in [-0.15, -0.1) is 11.3 Å². The lowest BCUT2D eigenvalue weighted by Gasteiger charge is -2.03. The van der Waals surface area contributed by atoms with Crippen molar-refractivity contribution >= 4 is 22.9 Å². The van der Waals surface area contributed by atoms with E-state index >= 15 is 0 Å². The van der Waals surface area contributed by atoms with Gasteiger partial charge in [-0.1, -0.05) is 47.6 Å². The van der Waals surface area contributed by atoms with Crippen LogP contribution in [-0.4, -0.2) is 16.0 Å². The van der Waals surface area contributed by atoms with Gasteiger partial charge in [0.25, 0.3) is 5.91 Å². The fourth-order valence-electron chi connectivity index (χ4n) is 2.54. The number of rotatable bonds is 4. The van der Waals surface area contributed by atoms with E-state index in [1.54, 1.807) is 17.4 Å². The van der Waals surface area contributed by atoms with Crippen molar-refractivity contribution in [2.45, 2.75) is 6.92 Å². The Morgan fingerprint density at radius 3 is 2.50 bits per heavy atom. The molecule has 0 aliphatic carbocycles. The van der Waals surface area contributed by atoms with Gasteiger partial charge in [-0.2, -0.15) is 0 Å². The Labute approximate surface area is 154 Å². The van der Waals surface area contributed by atoms with Gasteiger partial charge in [0.2, 0.25) is 0 Å². The zero-order chi connectivity index (χ0) is 17.9. The first-order chi connectivity index (χ1) is 12.7. The molecule has 0 aliphatic rings. The highest BCUT2D eigenvalue weighted by molar-refractivity contribution is 7.09. The highest BCUT2D eigenvalue weighted by atomic mass is 32.1. The quantitative estimate of drug-likeness (QED) is 0.554. The van der Waals surface area contributed by atoms with Gasteiger partial charge in [0.1, 0.15) is 0 Å². The molecule has 0 saturated heterocycles. The van der Waals surface area contributed by atoms with Gasteiger partial charge < -0.3 is 9.84 Å². The first-order valence-electron chi connectivity index (χ1n) is 8.05. The summed E-state index contributed by atoms with van der Waals surface area (Å²) in [6.45, 7) is 1.98. The summed E-state index contributed by atoms with van der Waals surface area (Å²) in [7, 11) is 0. The maximum absolute atomic E-state index is 12.4. The van der Waals surface area contributed by atoms with E-state index < -0.39 is 0 Å². The summed E-state index contributed by atoms with van der Waals surface area (Å²) < 4.78 is 5.27. The summed E-state index contributed by atoms with van der Waals surface area (Å²) in [4.78, 5) is 16.8. The first-order valence-corrected chi connectivity index (χ1v) is 8.93. The summed E-state index contributed by atoms with van der Waals surface area (Å²) in [6.07, 6.45) is 0. The maximum Gasteiger partial charge on any atom is 0.277 e. The maximum atomic E-state index is 12.4. The fourth-order valence-corrected chi connectivity index (χ4v) is 3.16. The van der Waals surface area contributed by atoms with E-state index in [2.05, 4.69) is 15.5 Å². The molecule has 5 nitrogen and oxygen atoms in total. The average Bonchev–Trinajstić information content (AvgIpc) is 3.32. The van der Waals surface area contributed by atoms with E-state index in [0.717, 1.165) is 21.8 Å². The van der Waals surface area contributed by atoms with E-state index in [0.29, 0.717) is 11.4 Å². The summed E-state index contributed by atoms with van der Waals surface area (Å²) >= 11 is 1.61. The molecule has 26 heavy (non-hydrogen) atoms. The van der Waals surface area contributed by atoms with Gasteiger partial charge >= 0.3 is 0 Å². The Morgan fingerprint density at radius 1 is 1.04 bits per heavy atom. The second-order valence-electron chi connectivity index (χ2n) is 5.73. The molecule has 6 heteroatoms. The zero-order valence-corrected chi connectivity index (χ0v) is 14.8. The number of nitrogens with zero attached hydrogens (tertiary/aromatic N) is 2. The molecule has 2 aromatic carbocycles. The molecule has 2 aromatic heterocycles. The smallest absolute Gasteiger partial charge is 0.277 e. The van der Waals surface area contributed by atoms with Crippen molar-refractivity contribution in [3.8, 4) is 22.6 Å². The van der Waals surface area contributed by atoms with Crippen molar-refractivity contribution in [2.75, 3.05) is 5.32 Å². The number of aryl methyl sites for hydroxylation is 1. The molecule has 1 N–H and O–H groups in total. The van der Waals surface area contributed by atoms with E-state index in [9.17, 15) is 4.79 Å². The predicted octanol–water partition coefficient (Wildman–Crippen LogP) is 5.03. The van der Waals surface area contributed by atoms with E-state index in [1.165, 1.54) is 0 Å². The van der Waals surface area contributed by atoms with Crippen LogP contribution in [0.5, 0.6) is 0 Å². The largest absolute Gasteiger partial charge is 0.355 e. The SMILES string of the molecule is Cc1nc(-c2ccc(NC(=O)c3cc(-c4ccccc4)on3)cc2)cs1. The minimum Gasteiger partial charge on any atom is -0.355 e. The molecule has 0 aliphatic heterocycles. The molecule has 0 spiro atoms. The van der Waals surface area contributed by atoms with Crippen LogP contribution in [0.3, 0.4) is 0 Å². The van der Waals surface area contributed by atoms with Crippen LogP contribution in [0, 0.1) is 6.92 Å². The third-order valence-electron chi connectivity index (χ3n) is 3.86. The van der Waals surface area contributed by atoms with Gasteiger partial charge in [-0.05, 0) is 19.1 Å². The molecule has 0 bridgehead atoms. The molecule has 128 valence electrons. The van der Waals surface area contributed by atoms with Crippen molar-refractivity contribution in [3.63, 3.8) is 0 Å². The van der Waals surface area contributed by atoms with Gasteiger partial charge in [-0.25, -0.2) is 4.98 Å². The third-order valence-corrected chi connectivity index (χ3v) is 4.63. The van der Waals surface area contributed by atoms with Crippen LogP contribution < -0.4 is 5.32 Å². The number of thiazole rings is 1. The summed E-state index contributed by atoms with van der Waals surface area (Å²) in [5.41, 5.74) is 3.76. The van der Waals surface area contributed by atoms with Crippen molar-refractivity contribution in [2.24, 2.45) is 0 Å². The molecule has 1 amide bonds. The lowest BCUT2D eigenvalue weighted by molar-refractivity contribution is 0.101. The second kappa shape index (κ2) is 6.93. The summed E-state index contributed by atoms with van der Waals surface area (Å²) in [6, 6.07) is 18.7.